The highest BCUT2D eigenvalue weighted by molar-refractivity contribution is 6.18. The molecule has 1 aromatic carbocycles. The van der Waals surface area contributed by atoms with Crippen LogP contribution < -0.4 is 0 Å². The molecule has 0 bridgehead atoms. The quantitative estimate of drug-likeness (QED) is 0.733. The van der Waals surface area contributed by atoms with Gasteiger partial charge in [-0.2, -0.15) is 0 Å². The van der Waals surface area contributed by atoms with Gasteiger partial charge in [0.1, 0.15) is 0 Å². The summed E-state index contributed by atoms with van der Waals surface area (Å²) in [5.74, 6) is 0.694. The number of hydrogen-bond donors (Lipinski definition) is 0. The first kappa shape index (κ1) is 11.9. The molecule has 1 saturated heterocycles. The largest absolute Gasteiger partial charge is 0.381 e. The van der Waals surface area contributed by atoms with Gasteiger partial charge in [-0.25, -0.2) is 0 Å². The smallest absolute Gasteiger partial charge is 0.0537 e. The van der Waals surface area contributed by atoms with E-state index < -0.39 is 0 Å². The Balaban J connectivity index is 2.16. The van der Waals surface area contributed by atoms with Gasteiger partial charge >= 0.3 is 0 Å². The molecule has 16 heavy (non-hydrogen) atoms. The highest BCUT2D eigenvalue weighted by Crippen LogP contribution is 2.34. The van der Waals surface area contributed by atoms with Crippen molar-refractivity contribution in [3.05, 3.63) is 34.9 Å². The summed E-state index contributed by atoms with van der Waals surface area (Å²) >= 11 is 6.11. The molecular weight excluding hydrogens is 220 g/mol. The Morgan fingerprint density at radius 1 is 1.31 bits per heavy atom. The third-order valence-electron chi connectivity index (χ3n) is 3.62. The third-order valence-corrected chi connectivity index (χ3v) is 4.19. The molecule has 0 N–H and O–H groups in total. The lowest BCUT2D eigenvalue weighted by atomic mass is 9.82. The van der Waals surface area contributed by atoms with E-state index in [1.165, 1.54) is 16.7 Å². The molecule has 0 aliphatic carbocycles. The SMILES string of the molecule is Cc1ccc(CC2(CCl)CCOC2)cc1C. The van der Waals surface area contributed by atoms with Crippen LogP contribution in [0.15, 0.2) is 18.2 Å². The number of halogens is 1. The summed E-state index contributed by atoms with van der Waals surface area (Å²) in [6, 6.07) is 6.69. The summed E-state index contributed by atoms with van der Waals surface area (Å²) in [6.45, 7) is 5.98. The maximum atomic E-state index is 6.11. The topological polar surface area (TPSA) is 9.23 Å². The van der Waals surface area contributed by atoms with Crippen LogP contribution in [-0.2, 0) is 11.2 Å². The second-order valence-corrected chi connectivity index (χ2v) is 5.30. The molecule has 1 aliphatic heterocycles. The first-order chi connectivity index (χ1) is 7.65. The lowest BCUT2D eigenvalue weighted by molar-refractivity contribution is 0.161. The Hall–Kier alpha value is -0.530. The molecule has 88 valence electrons. The number of hydrogen-bond acceptors (Lipinski definition) is 1. The van der Waals surface area contributed by atoms with Crippen molar-refractivity contribution in [1.29, 1.82) is 0 Å². The van der Waals surface area contributed by atoms with Gasteiger partial charge in [-0.15, -0.1) is 11.6 Å². The van der Waals surface area contributed by atoms with Crippen molar-refractivity contribution in [2.24, 2.45) is 5.41 Å². The second kappa shape index (κ2) is 4.77. The van der Waals surface area contributed by atoms with Crippen molar-refractivity contribution in [2.45, 2.75) is 26.7 Å². The third kappa shape index (κ3) is 2.41. The highest BCUT2D eigenvalue weighted by Gasteiger charge is 2.34. The summed E-state index contributed by atoms with van der Waals surface area (Å²) in [7, 11) is 0. The highest BCUT2D eigenvalue weighted by atomic mass is 35.5. The Bertz CT molecular complexity index is 367. The molecule has 0 spiro atoms. The molecule has 1 aliphatic rings. The number of rotatable bonds is 3. The van der Waals surface area contributed by atoms with Crippen molar-refractivity contribution in [3.8, 4) is 0 Å². The maximum Gasteiger partial charge on any atom is 0.0537 e. The lowest BCUT2D eigenvalue weighted by Crippen LogP contribution is -2.26. The zero-order valence-electron chi connectivity index (χ0n) is 10.1. The average Bonchev–Trinajstić information content (AvgIpc) is 2.73. The molecule has 0 aromatic heterocycles. The normalized spacial score (nSPS) is 24.9. The van der Waals surface area contributed by atoms with E-state index in [0.29, 0.717) is 5.88 Å². The van der Waals surface area contributed by atoms with E-state index in [-0.39, 0.29) is 5.41 Å². The van der Waals surface area contributed by atoms with Crippen molar-refractivity contribution in [1.82, 2.24) is 0 Å². The van der Waals surface area contributed by atoms with E-state index in [2.05, 4.69) is 32.0 Å². The number of ether oxygens (including phenoxy) is 1. The van der Waals surface area contributed by atoms with Gasteiger partial charge < -0.3 is 4.74 Å². The van der Waals surface area contributed by atoms with Gasteiger partial charge in [0.2, 0.25) is 0 Å². The molecule has 2 heteroatoms. The Kier molecular flexibility index (Phi) is 3.56. The minimum atomic E-state index is 0.170. The number of aryl methyl sites for hydroxylation is 2. The van der Waals surface area contributed by atoms with Gasteiger partial charge in [-0.05, 0) is 43.4 Å². The fourth-order valence-electron chi connectivity index (χ4n) is 2.29. The monoisotopic (exact) mass is 238 g/mol. The summed E-state index contributed by atoms with van der Waals surface area (Å²) in [6.07, 6.45) is 2.13. The Morgan fingerprint density at radius 3 is 2.69 bits per heavy atom. The maximum absolute atomic E-state index is 6.11. The van der Waals surface area contributed by atoms with Crippen molar-refractivity contribution in [3.63, 3.8) is 0 Å². The molecule has 0 saturated carbocycles. The van der Waals surface area contributed by atoms with E-state index in [4.69, 9.17) is 16.3 Å². The van der Waals surface area contributed by atoms with Gasteiger partial charge in [0.25, 0.3) is 0 Å². The summed E-state index contributed by atoms with van der Waals surface area (Å²) in [5, 5.41) is 0. The van der Waals surface area contributed by atoms with Crippen LogP contribution in [0.3, 0.4) is 0 Å². The number of benzene rings is 1. The van der Waals surface area contributed by atoms with Crippen LogP contribution >= 0.6 is 11.6 Å². The molecule has 1 nitrogen and oxygen atoms in total. The van der Waals surface area contributed by atoms with Crippen LogP contribution in [0.4, 0.5) is 0 Å². The standard InChI is InChI=1S/C14H19ClO/c1-11-3-4-13(7-12(11)2)8-14(9-15)5-6-16-10-14/h3-4,7H,5-6,8-10H2,1-2H3. The molecule has 1 unspecified atom stereocenters. The zero-order valence-corrected chi connectivity index (χ0v) is 10.8. The van der Waals surface area contributed by atoms with Gasteiger partial charge in [-0.3, -0.25) is 0 Å². The average molecular weight is 239 g/mol. The van der Waals surface area contributed by atoms with E-state index in [1.807, 2.05) is 0 Å². The Labute approximate surface area is 103 Å². The molecule has 1 heterocycles. The first-order valence-corrected chi connectivity index (χ1v) is 6.38. The molecule has 2 rings (SSSR count). The van der Waals surface area contributed by atoms with Crippen LogP contribution in [-0.4, -0.2) is 19.1 Å². The van der Waals surface area contributed by atoms with Gasteiger partial charge in [0.15, 0.2) is 0 Å². The predicted molar refractivity (Wildman–Crippen MR) is 68.2 cm³/mol. The fourth-order valence-corrected chi connectivity index (χ4v) is 2.59. The van der Waals surface area contributed by atoms with Crippen molar-refractivity contribution < 1.29 is 4.74 Å². The fraction of sp³-hybridized carbons (Fsp3) is 0.571. The minimum Gasteiger partial charge on any atom is -0.381 e. The summed E-state index contributed by atoms with van der Waals surface area (Å²) < 4.78 is 5.49. The van der Waals surface area contributed by atoms with Crippen molar-refractivity contribution >= 4 is 11.6 Å². The van der Waals surface area contributed by atoms with E-state index >= 15 is 0 Å². The minimum absolute atomic E-state index is 0.170. The van der Waals surface area contributed by atoms with E-state index in [9.17, 15) is 0 Å². The van der Waals surface area contributed by atoms with Gasteiger partial charge in [0.05, 0.1) is 6.61 Å². The van der Waals surface area contributed by atoms with Crippen molar-refractivity contribution in [2.75, 3.05) is 19.1 Å². The van der Waals surface area contributed by atoms with Crippen LogP contribution in [0, 0.1) is 19.3 Å². The molecule has 0 radical (unpaired) electrons. The predicted octanol–water partition coefficient (Wildman–Crippen LogP) is 3.49. The molecule has 1 aromatic rings. The van der Waals surface area contributed by atoms with E-state index in [0.717, 1.165) is 26.1 Å². The van der Waals surface area contributed by atoms with Crippen LogP contribution in [0.1, 0.15) is 23.1 Å². The van der Waals surface area contributed by atoms with Gasteiger partial charge in [-0.1, -0.05) is 18.2 Å². The molecular formula is C14H19ClO. The molecule has 0 amide bonds. The number of alkyl halides is 1. The molecule has 1 fully saturated rings. The van der Waals surface area contributed by atoms with Gasteiger partial charge in [0, 0.05) is 17.9 Å². The second-order valence-electron chi connectivity index (χ2n) is 5.03. The van der Waals surface area contributed by atoms with E-state index in [1.54, 1.807) is 0 Å². The van der Waals surface area contributed by atoms with Crippen LogP contribution in [0.5, 0.6) is 0 Å². The summed E-state index contributed by atoms with van der Waals surface area (Å²) in [4.78, 5) is 0. The zero-order chi connectivity index (χ0) is 11.6. The van der Waals surface area contributed by atoms with Crippen LogP contribution in [0.25, 0.3) is 0 Å². The lowest BCUT2D eigenvalue weighted by Gasteiger charge is -2.24. The Morgan fingerprint density at radius 2 is 2.12 bits per heavy atom. The van der Waals surface area contributed by atoms with Crippen LogP contribution in [0.2, 0.25) is 0 Å². The first-order valence-electron chi connectivity index (χ1n) is 5.85. The molecule has 1 atom stereocenters. The summed E-state index contributed by atoms with van der Waals surface area (Å²) in [5.41, 5.74) is 4.27.